The Morgan fingerprint density at radius 1 is 1.21 bits per heavy atom. The van der Waals surface area contributed by atoms with Crippen molar-refractivity contribution in [2.45, 2.75) is 13.6 Å². The summed E-state index contributed by atoms with van der Waals surface area (Å²) in [5.41, 5.74) is 3.26. The van der Waals surface area contributed by atoms with Crippen molar-refractivity contribution < 1.29 is 0 Å². The first kappa shape index (κ1) is 14.8. The molecule has 0 fully saturated rings. The number of anilines is 1. The van der Waals surface area contributed by atoms with E-state index < -0.39 is 0 Å². The van der Waals surface area contributed by atoms with Crippen molar-refractivity contribution in [3.8, 4) is 0 Å². The molecular formula is C18H16N4OS. The van der Waals surface area contributed by atoms with Crippen LogP contribution in [0.15, 0.2) is 58.6 Å². The Bertz CT molecular complexity index is 1050. The monoisotopic (exact) mass is 336 g/mol. The van der Waals surface area contributed by atoms with Gasteiger partial charge in [-0.15, -0.1) is 0 Å². The fraction of sp³-hybridized carbons (Fsp3) is 0.167. The van der Waals surface area contributed by atoms with Crippen LogP contribution in [0.5, 0.6) is 0 Å². The Morgan fingerprint density at radius 3 is 2.83 bits per heavy atom. The first-order valence-electron chi connectivity index (χ1n) is 7.68. The predicted molar refractivity (Wildman–Crippen MR) is 95.7 cm³/mol. The molecule has 5 nitrogen and oxygen atoms in total. The van der Waals surface area contributed by atoms with Gasteiger partial charge in [-0.1, -0.05) is 23.5 Å². The molecule has 1 aliphatic rings. The van der Waals surface area contributed by atoms with Crippen LogP contribution < -0.4 is 19.8 Å². The maximum Gasteiger partial charge on any atom is 0.271 e. The number of hydrogen-bond acceptors (Lipinski definition) is 5. The van der Waals surface area contributed by atoms with Crippen LogP contribution in [0.25, 0.3) is 6.08 Å². The molecule has 3 heterocycles. The number of rotatable bonds is 2. The van der Waals surface area contributed by atoms with Crippen LogP contribution in [0.4, 0.5) is 5.69 Å². The molecule has 0 amide bonds. The second kappa shape index (κ2) is 6.05. The van der Waals surface area contributed by atoms with Crippen LogP contribution in [0.3, 0.4) is 0 Å². The molecule has 0 saturated heterocycles. The molecule has 0 N–H and O–H groups in total. The molecule has 0 unspecified atom stereocenters. The molecule has 3 aromatic rings. The van der Waals surface area contributed by atoms with Crippen molar-refractivity contribution in [3.63, 3.8) is 0 Å². The zero-order valence-corrected chi connectivity index (χ0v) is 14.0. The first-order chi connectivity index (χ1) is 11.7. The lowest BCUT2D eigenvalue weighted by atomic mass is 10.2. The average molecular weight is 336 g/mol. The van der Waals surface area contributed by atoms with Crippen molar-refractivity contribution in [2.24, 2.45) is 4.99 Å². The maximum absolute atomic E-state index is 12.7. The van der Waals surface area contributed by atoms with E-state index in [0.29, 0.717) is 17.9 Å². The Labute approximate surface area is 142 Å². The molecule has 0 bridgehead atoms. The van der Waals surface area contributed by atoms with Gasteiger partial charge in [-0.3, -0.25) is 14.3 Å². The SMILES string of the molecule is Cc1cccc(N2CN=c3s/c(=C/c4ccncc4)c(=O)n3C2)c1. The standard InChI is InChI=1S/C18H16N4OS/c1-13-3-2-4-15(9-13)21-11-20-18-22(12-21)17(23)16(24-18)10-14-5-7-19-8-6-14/h2-10H,11-12H2,1H3/b16-10+. The highest BCUT2D eigenvalue weighted by Gasteiger charge is 2.15. The second-order valence-corrected chi connectivity index (χ2v) is 6.74. The zero-order valence-electron chi connectivity index (χ0n) is 13.2. The summed E-state index contributed by atoms with van der Waals surface area (Å²) >= 11 is 1.44. The van der Waals surface area contributed by atoms with Gasteiger partial charge in [0, 0.05) is 18.1 Å². The van der Waals surface area contributed by atoms with Crippen molar-refractivity contribution in [2.75, 3.05) is 11.6 Å². The van der Waals surface area contributed by atoms with E-state index in [1.807, 2.05) is 24.3 Å². The third-order valence-electron chi connectivity index (χ3n) is 3.95. The van der Waals surface area contributed by atoms with Gasteiger partial charge in [-0.2, -0.15) is 0 Å². The lowest BCUT2D eigenvalue weighted by Crippen LogP contribution is -2.42. The molecule has 120 valence electrons. The number of thiazole rings is 1. The normalized spacial score (nSPS) is 14.4. The van der Waals surface area contributed by atoms with Crippen LogP contribution in [-0.4, -0.2) is 16.2 Å². The van der Waals surface area contributed by atoms with Gasteiger partial charge in [-0.05, 0) is 48.4 Å². The Morgan fingerprint density at radius 2 is 2.04 bits per heavy atom. The van der Waals surface area contributed by atoms with Crippen LogP contribution in [0.2, 0.25) is 0 Å². The van der Waals surface area contributed by atoms with Crippen molar-refractivity contribution >= 4 is 23.1 Å². The van der Waals surface area contributed by atoms with Crippen LogP contribution >= 0.6 is 11.3 Å². The third kappa shape index (κ3) is 2.76. The van der Waals surface area contributed by atoms with Gasteiger partial charge >= 0.3 is 0 Å². The van der Waals surface area contributed by atoms with Gasteiger partial charge < -0.3 is 4.90 Å². The average Bonchev–Trinajstić information content (AvgIpc) is 2.91. The van der Waals surface area contributed by atoms with E-state index in [1.165, 1.54) is 16.9 Å². The highest BCUT2D eigenvalue weighted by atomic mass is 32.1. The van der Waals surface area contributed by atoms with Crippen molar-refractivity contribution in [1.29, 1.82) is 0 Å². The van der Waals surface area contributed by atoms with Gasteiger partial charge in [0.15, 0.2) is 4.80 Å². The summed E-state index contributed by atoms with van der Waals surface area (Å²) < 4.78 is 2.44. The van der Waals surface area contributed by atoms with Gasteiger partial charge in [0.1, 0.15) is 13.3 Å². The van der Waals surface area contributed by atoms with Gasteiger partial charge in [0.25, 0.3) is 5.56 Å². The molecule has 1 aromatic carbocycles. The lowest BCUT2D eigenvalue weighted by molar-refractivity contribution is 0.569. The predicted octanol–water partition coefficient (Wildman–Crippen LogP) is 1.50. The second-order valence-electron chi connectivity index (χ2n) is 5.73. The van der Waals surface area contributed by atoms with E-state index >= 15 is 0 Å². The summed E-state index contributed by atoms with van der Waals surface area (Å²) in [4.78, 5) is 24.2. The number of fused-ring (bicyclic) bond motifs is 1. The lowest BCUT2D eigenvalue weighted by Gasteiger charge is -2.25. The fourth-order valence-electron chi connectivity index (χ4n) is 2.71. The Kier molecular flexibility index (Phi) is 3.74. The van der Waals surface area contributed by atoms with E-state index in [9.17, 15) is 4.79 Å². The van der Waals surface area contributed by atoms with Gasteiger partial charge in [-0.25, -0.2) is 4.99 Å². The summed E-state index contributed by atoms with van der Waals surface area (Å²) in [5, 5.41) is 0. The molecule has 4 rings (SSSR count). The third-order valence-corrected chi connectivity index (χ3v) is 4.99. The number of aromatic nitrogens is 2. The molecule has 0 radical (unpaired) electrons. The summed E-state index contributed by atoms with van der Waals surface area (Å²) in [5.74, 6) is 0. The molecule has 0 aliphatic carbocycles. The fourth-order valence-corrected chi connectivity index (χ4v) is 3.67. The van der Waals surface area contributed by atoms with E-state index in [-0.39, 0.29) is 5.56 Å². The minimum atomic E-state index is 0.00733. The number of benzene rings is 1. The van der Waals surface area contributed by atoms with E-state index in [1.54, 1.807) is 17.0 Å². The quantitative estimate of drug-likeness (QED) is 0.713. The molecule has 0 saturated carbocycles. The summed E-state index contributed by atoms with van der Waals surface area (Å²) in [6.45, 7) is 3.16. The van der Waals surface area contributed by atoms with Crippen LogP contribution in [0.1, 0.15) is 11.1 Å². The van der Waals surface area contributed by atoms with Gasteiger partial charge in [0.05, 0.1) is 4.53 Å². The topological polar surface area (TPSA) is 50.5 Å². The molecule has 1 aliphatic heterocycles. The highest BCUT2D eigenvalue weighted by Crippen LogP contribution is 2.17. The molecule has 0 atom stereocenters. The smallest absolute Gasteiger partial charge is 0.271 e. The number of aryl methyl sites for hydroxylation is 1. The highest BCUT2D eigenvalue weighted by molar-refractivity contribution is 7.07. The zero-order chi connectivity index (χ0) is 16.5. The maximum atomic E-state index is 12.7. The van der Waals surface area contributed by atoms with Crippen molar-refractivity contribution in [3.05, 3.63) is 79.6 Å². The largest absolute Gasteiger partial charge is 0.334 e. The summed E-state index contributed by atoms with van der Waals surface area (Å²) in [6, 6.07) is 12.0. The minimum Gasteiger partial charge on any atom is -0.334 e. The van der Waals surface area contributed by atoms with Crippen LogP contribution in [-0.2, 0) is 6.67 Å². The summed E-state index contributed by atoms with van der Waals surface area (Å²) in [7, 11) is 0. The van der Waals surface area contributed by atoms with E-state index in [4.69, 9.17) is 0 Å². The Hall–Kier alpha value is -2.73. The molecule has 0 spiro atoms. The first-order valence-corrected chi connectivity index (χ1v) is 8.50. The van der Waals surface area contributed by atoms with E-state index in [2.05, 4.69) is 40.0 Å². The number of pyridine rings is 1. The van der Waals surface area contributed by atoms with E-state index in [0.717, 1.165) is 16.1 Å². The van der Waals surface area contributed by atoms with Crippen LogP contribution in [0, 0.1) is 6.92 Å². The molecule has 6 heteroatoms. The van der Waals surface area contributed by atoms with Gasteiger partial charge in [0.2, 0.25) is 0 Å². The Balaban J connectivity index is 1.73. The minimum absolute atomic E-state index is 0.00733. The number of nitrogens with zero attached hydrogens (tertiary/aromatic N) is 4. The molecule has 2 aromatic heterocycles. The van der Waals surface area contributed by atoms with Crippen molar-refractivity contribution in [1.82, 2.24) is 9.55 Å². The molecular weight excluding hydrogens is 320 g/mol. The summed E-state index contributed by atoms with van der Waals surface area (Å²) in [6.07, 6.45) is 5.34. The molecule has 24 heavy (non-hydrogen) atoms. The number of hydrogen-bond donors (Lipinski definition) is 0.